The number of hydrogen-bond acceptors (Lipinski definition) is 0. The number of fused-ring (bicyclic) bond motifs is 1. The molecule has 3 unspecified atom stereocenters. The van der Waals surface area contributed by atoms with Crippen molar-refractivity contribution in [1.29, 1.82) is 0 Å². The highest BCUT2D eigenvalue weighted by Gasteiger charge is 2.64. The van der Waals surface area contributed by atoms with E-state index < -0.39 is 12.1 Å². The first-order valence-corrected chi connectivity index (χ1v) is 4.07. The Labute approximate surface area is 63.8 Å². The first kappa shape index (κ1) is 7.44. The van der Waals surface area contributed by atoms with Gasteiger partial charge in [-0.3, -0.25) is 0 Å². The molecule has 0 amide bonds. The molecular weight excluding hydrogens is 153 g/mol. The van der Waals surface area contributed by atoms with E-state index in [0.717, 1.165) is 0 Å². The highest BCUT2D eigenvalue weighted by atomic mass is 19.4. The molecule has 0 spiro atoms. The number of halogens is 3. The Morgan fingerprint density at radius 2 is 1.91 bits per heavy atom. The zero-order valence-corrected chi connectivity index (χ0v) is 6.36. The summed E-state index contributed by atoms with van der Waals surface area (Å²) in [5, 5.41) is 0. The van der Waals surface area contributed by atoms with Crippen LogP contribution in [0.4, 0.5) is 13.2 Å². The quantitative estimate of drug-likeness (QED) is 0.588. The average Bonchev–Trinajstić information content (AvgIpc) is 2.64. The van der Waals surface area contributed by atoms with Gasteiger partial charge < -0.3 is 0 Å². The van der Waals surface area contributed by atoms with Crippen LogP contribution < -0.4 is 0 Å². The third-order valence-corrected chi connectivity index (χ3v) is 3.03. The second-order valence-corrected chi connectivity index (χ2v) is 3.91. The Morgan fingerprint density at radius 1 is 1.36 bits per heavy atom. The lowest BCUT2D eigenvalue weighted by Gasteiger charge is -2.16. The monoisotopic (exact) mass is 164 g/mol. The van der Waals surface area contributed by atoms with Gasteiger partial charge in [-0.25, -0.2) is 0 Å². The van der Waals surface area contributed by atoms with E-state index in [1.54, 1.807) is 0 Å². The van der Waals surface area contributed by atoms with Crippen molar-refractivity contribution < 1.29 is 13.2 Å². The van der Waals surface area contributed by atoms with E-state index in [0.29, 0.717) is 24.2 Å². The van der Waals surface area contributed by atoms with Crippen molar-refractivity contribution in [3.05, 3.63) is 0 Å². The summed E-state index contributed by atoms with van der Waals surface area (Å²) >= 11 is 0. The van der Waals surface area contributed by atoms with Gasteiger partial charge >= 0.3 is 6.18 Å². The van der Waals surface area contributed by atoms with Crippen LogP contribution in [-0.4, -0.2) is 6.18 Å². The summed E-state index contributed by atoms with van der Waals surface area (Å²) < 4.78 is 35.9. The largest absolute Gasteiger partial charge is 0.391 e. The van der Waals surface area contributed by atoms with Gasteiger partial charge in [-0.1, -0.05) is 6.92 Å². The first-order valence-electron chi connectivity index (χ1n) is 4.07. The summed E-state index contributed by atoms with van der Waals surface area (Å²) in [4.78, 5) is 0. The van der Waals surface area contributed by atoms with Gasteiger partial charge in [0.2, 0.25) is 0 Å². The zero-order valence-electron chi connectivity index (χ0n) is 6.36. The van der Waals surface area contributed by atoms with Crippen LogP contribution in [0.1, 0.15) is 19.8 Å². The van der Waals surface area contributed by atoms with E-state index >= 15 is 0 Å². The number of alkyl halides is 3. The molecule has 0 aliphatic heterocycles. The molecule has 3 atom stereocenters. The third-order valence-electron chi connectivity index (χ3n) is 3.03. The van der Waals surface area contributed by atoms with Crippen LogP contribution in [0.5, 0.6) is 0 Å². The Morgan fingerprint density at radius 3 is 2.18 bits per heavy atom. The predicted octanol–water partition coefficient (Wildman–Crippen LogP) is 2.84. The van der Waals surface area contributed by atoms with Gasteiger partial charge in [0.05, 0.1) is 5.92 Å². The van der Waals surface area contributed by atoms with Crippen molar-refractivity contribution >= 4 is 0 Å². The standard InChI is InChI=1S/C8H11F3/c1-4(8(9,10)11)2-5-6-3-7(5)6/h4-7H,2-3H2,1H3. The van der Waals surface area contributed by atoms with Crippen LogP contribution in [0.25, 0.3) is 0 Å². The molecule has 2 saturated carbocycles. The van der Waals surface area contributed by atoms with Gasteiger partial charge in [-0.05, 0) is 30.6 Å². The van der Waals surface area contributed by atoms with Gasteiger partial charge in [0, 0.05) is 0 Å². The minimum atomic E-state index is -3.96. The smallest absolute Gasteiger partial charge is 0.171 e. The van der Waals surface area contributed by atoms with E-state index in [9.17, 15) is 13.2 Å². The lowest BCUT2D eigenvalue weighted by atomic mass is 9.99. The molecule has 2 aliphatic carbocycles. The molecule has 2 rings (SSSR count). The lowest BCUT2D eigenvalue weighted by molar-refractivity contribution is -0.172. The summed E-state index contributed by atoms with van der Waals surface area (Å²) in [5.41, 5.74) is 0. The summed E-state index contributed by atoms with van der Waals surface area (Å²) in [6.45, 7) is 1.29. The molecule has 0 bridgehead atoms. The molecule has 2 fully saturated rings. The van der Waals surface area contributed by atoms with Crippen molar-refractivity contribution in [3.8, 4) is 0 Å². The van der Waals surface area contributed by atoms with Crippen molar-refractivity contribution in [2.24, 2.45) is 23.7 Å². The molecule has 0 radical (unpaired) electrons. The van der Waals surface area contributed by atoms with Crippen molar-refractivity contribution in [3.63, 3.8) is 0 Å². The summed E-state index contributed by atoms with van der Waals surface area (Å²) in [7, 11) is 0. The molecule has 0 saturated heterocycles. The molecular formula is C8H11F3. The fourth-order valence-electron chi connectivity index (χ4n) is 1.81. The first-order chi connectivity index (χ1) is 5.00. The Balaban J connectivity index is 1.77. The van der Waals surface area contributed by atoms with Crippen LogP contribution in [0, 0.1) is 23.7 Å². The Hall–Kier alpha value is -0.210. The van der Waals surface area contributed by atoms with Crippen LogP contribution in [-0.2, 0) is 0 Å². The van der Waals surface area contributed by atoms with Crippen LogP contribution in [0.2, 0.25) is 0 Å². The lowest BCUT2D eigenvalue weighted by Crippen LogP contribution is -2.21. The highest BCUT2D eigenvalue weighted by Crippen LogP contribution is 2.70. The number of hydrogen-bond donors (Lipinski definition) is 0. The average molecular weight is 164 g/mol. The minimum absolute atomic E-state index is 0.374. The molecule has 11 heavy (non-hydrogen) atoms. The molecule has 0 aromatic rings. The molecule has 0 heterocycles. The van der Waals surface area contributed by atoms with Crippen molar-refractivity contribution in [1.82, 2.24) is 0 Å². The van der Waals surface area contributed by atoms with Gasteiger partial charge in [0.15, 0.2) is 0 Å². The maximum atomic E-state index is 12.0. The van der Waals surface area contributed by atoms with E-state index in [4.69, 9.17) is 0 Å². The minimum Gasteiger partial charge on any atom is -0.171 e. The molecule has 3 heteroatoms. The van der Waals surface area contributed by atoms with Crippen LogP contribution >= 0.6 is 0 Å². The molecule has 0 aromatic carbocycles. The fourth-order valence-corrected chi connectivity index (χ4v) is 1.81. The topological polar surface area (TPSA) is 0 Å². The summed E-state index contributed by atoms with van der Waals surface area (Å²) in [6.07, 6.45) is -2.39. The summed E-state index contributed by atoms with van der Waals surface area (Å²) in [6, 6.07) is 0. The van der Waals surface area contributed by atoms with Gasteiger partial charge in [0.1, 0.15) is 0 Å². The highest BCUT2D eigenvalue weighted by molar-refractivity contribution is 5.12. The Bertz CT molecular complexity index is 165. The Kier molecular flexibility index (Phi) is 1.31. The van der Waals surface area contributed by atoms with Crippen molar-refractivity contribution in [2.75, 3.05) is 0 Å². The fraction of sp³-hybridized carbons (Fsp3) is 1.00. The van der Waals surface area contributed by atoms with E-state index in [1.807, 2.05) is 0 Å². The molecule has 0 aromatic heterocycles. The number of rotatable bonds is 2. The maximum absolute atomic E-state index is 12.0. The molecule has 64 valence electrons. The zero-order chi connectivity index (χ0) is 8.22. The molecule has 2 aliphatic rings. The second-order valence-electron chi connectivity index (χ2n) is 3.91. The normalized spacial score (nSPS) is 43.1. The second kappa shape index (κ2) is 1.93. The van der Waals surface area contributed by atoms with Crippen molar-refractivity contribution in [2.45, 2.75) is 25.9 Å². The molecule has 0 nitrogen and oxygen atoms in total. The van der Waals surface area contributed by atoms with E-state index in [-0.39, 0.29) is 0 Å². The van der Waals surface area contributed by atoms with E-state index in [1.165, 1.54) is 13.3 Å². The molecule has 0 N–H and O–H groups in total. The van der Waals surface area contributed by atoms with Gasteiger partial charge in [-0.15, -0.1) is 0 Å². The summed E-state index contributed by atoms with van der Waals surface area (Å²) in [5.74, 6) is 0.742. The SMILES string of the molecule is CC(CC1C2CC21)C(F)(F)F. The van der Waals surface area contributed by atoms with Crippen LogP contribution in [0.3, 0.4) is 0 Å². The third kappa shape index (κ3) is 1.25. The maximum Gasteiger partial charge on any atom is 0.391 e. The van der Waals surface area contributed by atoms with Gasteiger partial charge in [0.25, 0.3) is 0 Å². The van der Waals surface area contributed by atoms with E-state index in [2.05, 4.69) is 0 Å². The van der Waals surface area contributed by atoms with Gasteiger partial charge in [-0.2, -0.15) is 13.2 Å². The predicted molar refractivity (Wildman–Crippen MR) is 34.9 cm³/mol. The van der Waals surface area contributed by atoms with Crippen LogP contribution in [0.15, 0.2) is 0 Å².